The van der Waals surface area contributed by atoms with Crippen molar-refractivity contribution in [1.29, 1.82) is 0 Å². The third-order valence-electron chi connectivity index (χ3n) is 12.2. The summed E-state index contributed by atoms with van der Waals surface area (Å²) in [6.45, 7) is 23.2. The van der Waals surface area contributed by atoms with Crippen LogP contribution in [0.3, 0.4) is 0 Å². The molecule has 0 atom stereocenters. The van der Waals surface area contributed by atoms with Gasteiger partial charge in [0.15, 0.2) is 86.8 Å². The Kier molecular flexibility index (Phi) is 79.5. The first-order chi connectivity index (χ1) is 54.6. The molecular formula is C73H118O42. The Morgan fingerprint density at radius 1 is 0.191 bits per heavy atom. The molecule has 42 nitrogen and oxygen atoms in total. The predicted molar refractivity (Wildman–Crippen MR) is 387 cm³/mol. The molecule has 662 valence electrons. The fourth-order valence-corrected chi connectivity index (χ4v) is 6.83. The van der Waals surface area contributed by atoms with Gasteiger partial charge in [0.25, 0.3) is 19.4 Å². The van der Waals surface area contributed by atoms with Crippen LogP contribution in [0.2, 0.25) is 0 Å². The first-order valence-corrected chi connectivity index (χ1v) is 36.8. The topological polar surface area (TPSA) is 544 Å². The van der Waals surface area contributed by atoms with Gasteiger partial charge in [0.1, 0.15) is 56.9 Å². The largest absolute Gasteiger partial charge is 0.466 e. The standard InChI is InChI=1S/C16H22O9.C15H22O9.2C13H22O9.C9H14O3.C7H16O3/c1-4-13(20)23-7-10(17)16(11(18)8-24-14(21)5-2)12(19)9-25-15(22)6-3;1-4-21-12(18)7-10(16)15(24-9-14(20)23-6-3)11(17)8-13(19)22-5-2;1-4-17-10(14)7-20-13(21-8-11(15)18-5-2)22-9-12(16)19-6-3;1-4-10(14)17-7-20-13(21-8-18-11(15)5-2)22-9-19-12(16)6-3;1-4-7(11)9(6(3)10)8(12)5-2;1-4-8-7(9-5-2)10-6-3/h16H,4-9H2,1-3H3;15H,4-9H2,1-3H3;2*13H,4-9H2,1-3H3;9H,4-5H2,1-3H3;7H,4-6H2,1-3H3. The highest BCUT2D eigenvalue weighted by Crippen LogP contribution is 2.11. The molecule has 0 aliphatic carbocycles. The van der Waals surface area contributed by atoms with Gasteiger partial charge in [-0.05, 0) is 69.2 Å². The van der Waals surface area contributed by atoms with Crippen LogP contribution in [-0.4, -0.2) is 270 Å². The van der Waals surface area contributed by atoms with Crippen molar-refractivity contribution in [2.75, 3.05) is 126 Å². The Balaban J connectivity index is -0.000000317. The van der Waals surface area contributed by atoms with Gasteiger partial charge in [0.05, 0.1) is 39.6 Å². The van der Waals surface area contributed by atoms with Gasteiger partial charge >= 0.3 is 71.6 Å². The lowest BCUT2D eigenvalue weighted by Crippen LogP contribution is -2.39. The van der Waals surface area contributed by atoms with E-state index in [-0.39, 0.29) is 108 Å². The van der Waals surface area contributed by atoms with Gasteiger partial charge in [-0.2, -0.15) is 0 Å². The van der Waals surface area contributed by atoms with Crippen LogP contribution < -0.4 is 0 Å². The Morgan fingerprint density at radius 3 is 0.643 bits per heavy atom. The van der Waals surface area contributed by atoms with E-state index in [1.165, 1.54) is 27.7 Å². The fraction of sp³-hybridized carbons (Fsp3) is 0.726. The highest BCUT2D eigenvalue weighted by atomic mass is 16.9. The Labute approximate surface area is 668 Å². The monoisotopic (exact) mass is 1670 g/mol. The Hall–Kier alpha value is -9.40. The molecule has 0 aliphatic heterocycles. The number of Topliss-reactive ketones (excluding diaryl/α,β-unsaturated/α-hetero) is 8. The van der Waals surface area contributed by atoms with Crippen molar-refractivity contribution in [3.05, 3.63) is 0 Å². The lowest BCUT2D eigenvalue weighted by Gasteiger charge is -2.18. The molecule has 0 amide bonds. The van der Waals surface area contributed by atoms with E-state index in [4.69, 9.17) is 47.4 Å². The highest BCUT2D eigenvalue weighted by molar-refractivity contribution is 6.21. The van der Waals surface area contributed by atoms with E-state index in [0.717, 1.165) is 0 Å². The van der Waals surface area contributed by atoms with Crippen LogP contribution in [0.25, 0.3) is 0 Å². The van der Waals surface area contributed by atoms with Gasteiger partial charge in [-0.15, -0.1) is 0 Å². The normalized spacial score (nSPS) is 10.3. The summed E-state index contributed by atoms with van der Waals surface area (Å²) in [4.78, 5) is 227. The Morgan fingerprint density at radius 2 is 0.417 bits per heavy atom. The molecule has 42 heteroatoms. The third-order valence-corrected chi connectivity index (χ3v) is 12.2. The van der Waals surface area contributed by atoms with E-state index in [1.807, 2.05) is 20.8 Å². The summed E-state index contributed by atoms with van der Waals surface area (Å²) >= 11 is 0. The maximum absolute atomic E-state index is 12.1. The average molecular weight is 1670 g/mol. The van der Waals surface area contributed by atoms with E-state index in [1.54, 1.807) is 76.2 Å². The SMILES string of the molecule is CCC(=O)C(C(C)=O)C(=O)CC.CCC(=O)OCC(=O)C(C(=O)COC(=O)CC)C(=O)COC(=O)CC.CCC(=O)OCOC(OCOC(=O)CC)OCOC(=O)CC.CCOC(=O)COC(C(=O)CC(=O)OCC)C(=O)CC(=O)OCC.CCOC(=O)COC(OCC(=O)OCC)OCC(=O)OCC.CCOC(OCC)OCC. The van der Waals surface area contributed by atoms with Crippen LogP contribution in [-0.2, 0) is 200 Å². The molecule has 0 radical (unpaired) electrons. The highest BCUT2D eigenvalue weighted by Gasteiger charge is 2.36. The first kappa shape index (κ1) is 116. The molecule has 0 saturated heterocycles. The molecule has 0 aromatic rings. The fourth-order valence-electron chi connectivity index (χ4n) is 6.83. The van der Waals surface area contributed by atoms with Crippen LogP contribution in [0.5, 0.6) is 0 Å². The molecule has 0 aromatic heterocycles. The van der Waals surface area contributed by atoms with Crippen molar-refractivity contribution in [3.63, 3.8) is 0 Å². The summed E-state index contributed by atoms with van der Waals surface area (Å²) in [6, 6.07) is 0. The molecular weight excluding hydrogens is 1550 g/mol. The number of carbonyl (C=O) groups is 20. The third kappa shape index (κ3) is 68.7. The molecule has 0 aliphatic rings. The lowest BCUT2D eigenvalue weighted by atomic mass is 9.92. The Bertz CT molecular complexity index is 2640. The van der Waals surface area contributed by atoms with Crippen molar-refractivity contribution in [2.24, 2.45) is 11.8 Å². The maximum atomic E-state index is 12.1. The van der Waals surface area contributed by atoms with Crippen LogP contribution in [0.15, 0.2) is 0 Å². The summed E-state index contributed by atoms with van der Waals surface area (Å²) in [5.41, 5.74) is 0. The zero-order valence-corrected chi connectivity index (χ0v) is 69.1. The smallest absolute Gasteiger partial charge is 0.332 e. The van der Waals surface area contributed by atoms with Crippen LogP contribution in [0.1, 0.15) is 189 Å². The average Bonchev–Trinajstić information content (AvgIpc) is 0.849. The lowest BCUT2D eigenvalue weighted by molar-refractivity contribution is -0.340. The van der Waals surface area contributed by atoms with E-state index < -0.39 is 217 Å². The summed E-state index contributed by atoms with van der Waals surface area (Å²) in [5.74, 6) is -16.2. The van der Waals surface area contributed by atoms with Crippen molar-refractivity contribution < 1.29 is 200 Å². The number of carbonyl (C=O) groups excluding carboxylic acids is 20. The second-order valence-corrected chi connectivity index (χ2v) is 21.0. The molecule has 0 N–H and O–H groups in total. The molecule has 0 fully saturated rings. The second kappa shape index (κ2) is 78.5. The van der Waals surface area contributed by atoms with Gasteiger partial charge in [-0.25, -0.2) is 19.2 Å². The van der Waals surface area contributed by atoms with Gasteiger partial charge in [0, 0.05) is 71.2 Å². The number of rotatable bonds is 59. The molecule has 0 spiro atoms. The molecule has 115 heavy (non-hydrogen) atoms. The minimum absolute atomic E-state index is 0.0159. The van der Waals surface area contributed by atoms with Crippen molar-refractivity contribution in [1.82, 2.24) is 0 Å². The van der Waals surface area contributed by atoms with E-state index in [0.29, 0.717) is 19.8 Å². The summed E-state index contributed by atoms with van der Waals surface area (Å²) < 4.78 is 106. The summed E-state index contributed by atoms with van der Waals surface area (Å²) in [5, 5.41) is 0. The number of hydrogen-bond donors (Lipinski definition) is 0. The quantitative estimate of drug-likeness (QED) is 0.0362. The summed E-state index contributed by atoms with van der Waals surface area (Å²) in [7, 11) is 0. The van der Waals surface area contributed by atoms with Crippen molar-refractivity contribution >= 4 is 118 Å². The minimum atomic E-state index is -1.83. The van der Waals surface area contributed by atoms with Crippen molar-refractivity contribution in [3.8, 4) is 0 Å². The molecule has 0 unspecified atom stereocenters. The van der Waals surface area contributed by atoms with Gasteiger partial charge in [-0.1, -0.05) is 55.4 Å². The van der Waals surface area contributed by atoms with E-state index in [2.05, 4.69) is 56.8 Å². The number of hydrogen-bond acceptors (Lipinski definition) is 42. The molecule has 0 aromatic carbocycles. The zero-order chi connectivity index (χ0) is 89.1. The van der Waals surface area contributed by atoms with Gasteiger partial charge < -0.3 is 90.0 Å². The number of ether oxygens (including phenoxy) is 22. The second-order valence-electron chi connectivity index (χ2n) is 21.0. The van der Waals surface area contributed by atoms with E-state index in [9.17, 15) is 95.9 Å². The van der Waals surface area contributed by atoms with Gasteiger partial charge in [-0.3, -0.25) is 90.9 Å². The number of esters is 12. The first-order valence-electron chi connectivity index (χ1n) is 36.8. The van der Waals surface area contributed by atoms with E-state index >= 15 is 0 Å². The summed E-state index contributed by atoms with van der Waals surface area (Å²) in [6.07, 6.45) is -2.05. The molecule has 0 heterocycles. The minimum Gasteiger partial charge on any atom is -0.466 e. The van der Waals surface area contributed by atoms with Crippen LogP contribution in [0.4, 0.5) is 0 Å². The predicted octanol–water partition coefficient (Wildman–Crippen LogP) is 3.74. The molecule has 0 saturated carbocycles. The maximum Gasteiger partial charge on any atom is 0.332 e. The van der Waals surface area contributed by atoms with Gasteiger partial charge in [0.2, 0.25) is 0 Å². The van der Waals surface area contributed by atoms with Crippen LogP contribution in [0, 0.1) is 11.8 Å². The molecule has 0 rings (SSSR count). The molecule has 0 bridgehead atoms. The zero-order valence-electron chi connectivity index (χ0n) is 69.1. The van der Waals surface area contributed by atoms with Crippen LogP contribution >= 0.6 is 0 Å². The van der Waals surface area contributed by atoms with Crippen molar-refractivity contribution in [2.45, 2.75) is 214 Å². The number of ketones is 8.